The number of pyridine rings is 1. The van der Waals surface area contributed by atoms with Gasteiger partial charge in [0.15, 0.2) is 5.78 Å². The Morgan fingerprint density at radius 1 is 1.20 bits per heavy atom. The summed E-state index contributed by atoms with van der Waals surface area (Å²) in [6, 6.07) is 13.1. The van der Waals surface area contributed by atoms with Gasteiger partial charge in [0, 0.05) is 42.9 Å². The van der Waals surface area contributed by atoms with Gasteiger partial charge in [-0.1, -0.05) is 30.3 Å². The van der Waals surface area contributed by atoms with Crippen molar-refractivity contribution in [1.82, 2.24) is 15.6 Å². The SMILES string of the molecule is Cc1ccccc1C(=O)C1CNC(C(=O)NCCc2ccccn2)C1. The van der Waals surface area contributed by atoms with E-state index in [0.29, 0.717) is 25.9 Å². The van der Waals surface area contributed by atoms with Crippen LogP contribution in [0.25, 0.3) is 0 Å². The first-order valence-corrected chi connectivity index (χ1v) is 8.66. The lowest BCUT2D eigenvalue weighted by Gasteiger charge is -2.12. The quantitative estimate of drug-likeness (QED) is 0.790. The highest BCUT2D eigenvalue weighted by molar-refractivity contribution is 6.00. The number of hydrogen-bond acceptors (Lipinski definition) is 4. The second-order valence-corrected chi connectivity index (χ2v) is 6.43. The minimum absolute atomic E-state index is 0.0454. The lowest BCUT2D eigenvalue weighted by molar-refractivity contribution is -0.122. The van der Waals surface area contributed by atoms with Crippen LogP contribution in [0.1, 0.15) is 28.0 Å². The molecular weight excluding hydrogens is 314 g/mol. The highest BCUT2D eigenvalue weighted by Gasteiger charge is 2.34. The Kier molecular flexibility index (Phi) is 5.56. The molecule has 0 saturated carbocycles. The molecule has 0 aliphatic carbocycles. The standard InChI is InChI=1S/C20H23N3O2/c1-14-6-2-3-8-17(14)19(24)15-12-18(23-13-15)20(25)22-11-9-16-7-4-5-10-21-16/h2-8,10,15,18,23H,9,11-13H2,1H3,(H,22,25). The molecule has 5 nitrogen and oxygen atoms in total. The number of carbonyl (C=O) groups excluding carboxylic acids is 2. The monoisotopic (exact) mass is 337 g/mol. The third-order valence-corrected chi connectivity index (χ3v) is 4.64. The van der Waals surface area contributed by atoms with Crippen LogP contribution in [0.5, 0.6) is 0 Å². The normalized spacial score (nSPS) is 19.6. The first-order valence-electron chi connectivity index (χ1n) is 8.66. The Hall–Kier alpha value is -2.53. The molecule has 1 aromatic carbocycles. The van der Waals surface area contributed by atoms with Crippen molar-refractivity contribution in [3.63, 3.8) is 0 Å². The van der Waals surface area contributed by atoms with Gasteiger partial charge < -0.3 is 10.6 Å². The smallest absolute Gasteiger partial charge is 0.237 e. The van der Waals surface area contributed by atoms with Crippen LogP contribution < -0.4 is 10.6 Å². The van der Waals surface area contributed by atoms with Crippen molar-refractivity contribution in [3.8, 4) is 0 Å². The van der Waals surface area contributed by atoms with Crippen LogP contribution >= 0.6 is 0 Å². The maximum Gasteiger partial charge on any atom is 0.237 e. The van der Waals surface area contributed by atoms with Crippen molar-refractivity contribution in [2.75, 3.05) is 13.1 Å². The number of amides is 1. The topological polar surface area (TPSA) is 71.1 Å². The van der Waals surface area contributed by atoms with E-state index in [4.69, 9.17) is 0 Å². The summed E-state index contributed by atoms with van der Waals surface area (Å²) < 4.78 is 0. The summed E-state index contributed by atoms with van der Waals surface area (Å²) in [5, 5.41) is 6.11. The number of aromatic nitrogens is 1. The van der Waals surface area contributed by atoms with Gasteiger partial charge in [-0.25, -0.2) is 0 Å². The predicted octanol–water partition coefficient (Wildman–Crippen LogP) is 1.91. The summed E-state index contributed by atoms with van der Waals surface area (Å²) in [7, 11) is 0. The third kappa shape index (κ3) is 4.31. The number of aryl methyl sites for hydroxylation is 1. The van der Waals surface area contributed by atoms with Gasteiger partial charge in [-0.05, 0) is 31.0 Å². The second-order valence-electron chi connectivity index (χ2n) is 6.43. The van der Waals surface area contributed by atoms with E-state index in [1.807, 2.05) is 49.4 Å². The number of benzene rings is 1. The van der Waals surface area contributed by atoms with Crippen LogP contribution in [-0.4, -0.2) is 35.8 Å². The van der Waals surface area contributed by atoms with E-state index in [1.165, 1.54) is 0 Å². The second kappa shape index (κ2) is 8.03. The lowest BCUT2D eigenvalue weighted by Crippen LogP contribution is -2.41. The van der Waals surface area contributed by atoms with Crippen molar-refractivity contribution in [3.05, 3.63) is 65.5 Å². The van der Waals surface area contributed by atoms with Crippen molar-refractivity contribution >= 4 is 11.7 Å². The van der Waals surface area contributed by atoms with E-state index in [2.05, 4.69) is 15.6 Å². The Morgan fingerprint density at radius 2 is 2.00 bits per heavy atom. The number of nitrogens with zero attached hydrogens (tertiary/aromatic N) is 1. The molecule has 0 spiro atoms. The Balaban J connectivity index is 1.49. The van der Waals surface area contributed by atoms with Crippen molar-refractivity contribution < 1.29 is 9.59 Å². The summed E-state index contributed by atoms with van der Waals surface area (Å²) >= 11 is 0. The largest absolute Gasteiger partial charge is 0.354 e. The average Bonchev–Trinajstić information content (AvgIpc) is 3.13. The molecule has 0 bridgehead atoms. The van der Waals surface area contributed by atoms with Gasteiger partial charge in [0.05, 0.1) is 6.04 Å². The average molecular weight is 337 g/mol. The zero-order chi connectivity index (χ0) is 17.6. The minimum atomic E-state index is -0.304. The van der Waals surface area contributed by atoms with Gasteiger partial charge in [-0.15, -0.1) is 0 Å². The molecule has 2 heterocycles. The summed E-state index contributed by atoms with van der Waals surface area (Å²) in [4.78, 5) is 29.2. The molecule has 1 saturated heterocycles. The highest BCUT2D eigenvalue weighted by atomic mass is 16.2. The molecule has 5 heteroatoms. The third-order valence-electron chi connectivity index (χ3n) is 4.64. The number of carbonyl (C=O) groups is 2. The molecule has 0 radical (unpaired) electrons. The summed E-state index contributed by atoms with van der Waals surface area (Å²) in [6.07, 6.45) is 2.99. The van der Waals surface area contributed by atoms with Crippen molar-refractivity contribution in [2.45, 2.75) is 25.8 Å². The van der Waals surface area contributed by atoms with E-state index in [0.717, 1.165) is 16.8 Å². The maximum atomic E-state index is 12.7. The van der Waals surface area contributed by atoms with Crippen LogP contribution in [0.3, 0.4) is 0 Å². The van der Waals surface area contributed by atoms with Crippen LogP contribution in [0.15, 0.2) is 48.7 Å². The van der Waals surface area contributed by atoms with Crippen molar-refractivity contribution in [2.24, 2.45) is 5.92 Å². The van der Waals surface area contributed by atoms with Gasteiger partial charge in [0.2, 0.25) is 5.91 Å². The number of Topliss-reactive ketones (excluding diaryl/α,β-unsaturated/α-hetero) is 1. The van der Waals surface area contributed by atoms with Gasteiger partial charge in [0.25, 0.3) is 0 Å². The molecule has 1 aliphatic rings. The van der Waals surface area contributed by atoms with E-state index in [-0.39, 0.29) is 23.7 Å². The summed E-state index contributed by atoms with van der Waals surface area (Å²) in [6.45, 7) is 3.04. The van der Waals surface area contributed by atoms with Crippen LogP contribution in [0.2, 0.25) is 0 Å². The molecule has 3 rings (SSSR count). The number of hydrogen-bond donors (Lipinski definition) is 2. The molecular formula is C20H23N3O2. The first-order chi connectivity index (χ1) is 12.1. The molecule has 1 aromatic heterocycles. The first kappa shape index (κ1) is 17.3. The summed E-state index contributed by atoms with van der Waals surface area (Å²) in [5.74, 6) is -0.0713. The summed E-state index contributed by atoms with van der Waals surface area (Å²) in [5.41, 5.74) is 2.69. The fourth-order valence-electron chi connectivity index (χ4n) is 3.19. The lowest BCUT2D eigenvalue weighted by atomic mass is 9.92. The maximum absolute atomic E-state index is 12.7. The molecule has 25 heavy (non-hydrogen) atoms. The number of ketones is 1. The molecule has 1 aliphatic heterocycles. The van der Waals surface area contributed by atoms with Gasteiger partial charge in [-0.2, -0.15) is 0 Å². The number of nitrogens with one attached hydrogen (secondary N) is 2. The highest BCUT2D eigenvalue weighted by Crippen LogP contribution is 2.21. The molecule has 1 amide bonds. The molecule has 1 fully saturated rings. The van der Waals surface area contributed by atoms with Gasteiger partial charge in [-0.3, -0.25) is 14.6 Å². The van der Waals surface area contributed by atoms with E-state index < -0.39 is 0 Å². The molecule has 2 unspecified atom stereocenters. The Bertz CT molecular complexity index is 746. The zero-order valence-electron chi connectivity index (χ0n) is 14.4. The molecule has 2 atom stereocenters. The van der Waals surface area contributed by atoms with Crippen LogP contribution in [0.4, 0.5) is 0 Å². The van der Waals surface area contributed by atoms with Crippen molar-refractivity contribution in [1.29, 1.82) is 0 Å². The molecule has 130 valence electrons. The predicted molar refractivity (Wildman–Crippen MR) is 96.4 cm³/mol. The van der Waals surface area contributed by atoms with E-state index in [1.54, 1.807) is 6.20 Å². The Labute approximate surface area is 147 Å². The molecule has 2 aromatic rings. The van der Waals surface area contributed by atoms with Gasteiger partial charge in [0.1, 0.15) is 0 Å². The molecule has 2 N–H and O–H groups in total. The minimum Gasteiger partial charge on any atom is -0.354 e. The fraction of sp³-hybridized carbons (Fsp3) is 0.350. The van der Waals surface area contributed by atoms with Crippen LogP contribution in [-0.2, 0) is 11.2 Å². The van der Waals surface area contributed by atoms with E-state index >= 15 is 0 Å². The van der Waals surface area contributed by atoms with Gasteiger partial charge >= 0.3 is 0 Å². The zero-order valence-corrected chi connectivity index (χ0v) is 14.4. The Morgan fingerprint density at radius 3 is 2.76 bits per heavy atom. The fourth-order valence-corrected chi connectivity index (χ4v) is 3.19. The number of rotatable bonds is 6. The van der Waals surface area contributed by atoms with E-state index in [9.17, 15) is 9.59 Å². The van der Waals surface area contributed by atoms with Crippen LogP contribution in [0, 0.1) is 12.8 Å².